The molecule has 26 heavy (non-hydrogen) atoms. The topological polar surface area (TPSA) is 71.9 Å². The van der Waals surface area contributed by atoms with E-state index in [1.807, 2.05) is 43.3 Å². The summed E-state index contributed by atoms with van der Waals surface area (Å²) in [6, 6.07) is 18.2. The zero-order chi connectivity index (χ0) is 18.7. The van der Waals surface area contributed by atoms with Gasteiger partial charge in [0.1, 0.15) is 23.2 Å². The van der Waals surface area contributed by atoms with Crippen LogP contribution < -0.4 is 10.5 Å². The van der Waals surface area contributed by atoms with Crippen LogP contribution in [0.4, 0.5) is 5.82 Å². The van der Waals surface area contributed by atoms with Crippen molar-refractivity contribution in [3.8, 4) is 34.1 Å². The molecule has 0 amide bonds. The lowest BCUT2D eigenvalue weighted by molar-refractivity contribution is 0.416. The Kier molecular flexibility index (Phi) is 4.90. The van der Waals surface area contributed by atoms with Crippen LogP contribution in [0.3, 0.4) is 0 Å². The van der Waals surface area contributed by atoms with E-state index >= 15 is 0 Å². The lowest BCUT2D eigenvalue weighted by atomic mass is 9.89. The van der Waals surface area contributed by atoms with Crippen LogP contribution in [0.15, 0.2) is 48.5 Å². The highest BCUT2D eigenvalue weighted by molar-refractivity contribution is 5.92. The van der Waals surface area contributed by atoms with E-state index in [2.05, 4.69) is 30.1 Å². The quantitative estimate of drug-likeness (QED) is 0.742. The second kappa shape index (κ2) is 7.28. The van der Waals surface area contributed by atoms with Crippen LogP contribution in [-0.2, 0) is 6.42 Å². The fourth-order valence-electron chi connectivity index (χ4n) is 3.22. The van der Waals surface area contributed by atoms with Crippen LogP contribution in [-0.4, -0.2) is 12.1 Å². The number of aromatic nitrogens is 1. The number of benzene rings is 2. The first kappa shape index (κ1) is 17.5. The summed E-state index contributed by atoms with van der Waals surface area (Å²) in [6.45, 7) is 4.02. The molecule has 0 radical (unpaired) electrons. The second-order valence-corrected chi connectivity index (χ2v) is 6.07. The number of methoxy groups -OCH3 is 1. The van der Waals surface area contributed by atoms with E-state index in [9.17, 15) is 5.26 Å². The van der Waals surface area contributed by atoms with Crippen molar-refractivity contribution < 1.29 is 4.74 Å². The van der Waals surface area contributed by atoms with Gasteiger partial charge in [0.05, 0.1) is 7.11 Å². The second-order valence-electron chi connectivity index (χ2n) is 6.07. The summed E-state index contributed by atoms with van der Waals surface area (Å²) in [6.07, 6.45) is 0.961. The Hall–Kier alpha value is -3.32. The average molecular weight is 343 g/mol. The molecule has 0 aliphatic heterocycles. The molecule has 3 aromatic rings. The molecule has 4 heteroatoms. The van der Waals surface area contributed by atoms with Gasteiger partial charge in [-0.15, -0.1) is 0 Å². The molecule has 2 aromatic carbocycles. The van der Waals surface area contributed by atoms with Crippen molar-refractivity contribution in [3.63, 3.8) is 0 Å². The van der Waals surface area contributed by atoms with Crippen LogP contribution >= 0.6 is 0 Å². The molecule has 0 saturated carbocycles. The van der Waals surface area contributed by atoms with Gasteiger partial charge in [-0.2, -0.15) is 5.26 Å². The molecule has 1 aromatic heterocycles. The Labute approximate surface area is 153 Å². The average Bonchev–Trinajstić information content (AvgIpc) is 2.67. The molecule has 0 fully saturated rings. The Bertz CT molecular complexity index is 986. The lowest BCUT2D eigenvalue weighted by Gasteiger charge is -2.18. The van der Waals surface area contributed by atoms with E-state index in [4.69, 9.17) is 10.5 Å². The largest absolute Gasteiger partial charge is 0.496 e. The zero-order valence-electron chi connectivity index (χ0n) is 15.2. The minimum Gasteiger partial charge on any atom is -0.496 e. The number of rotatable bonds is 4. The Morgan fingerprint density at radius 2 is 1.77 bits per heavy atom. The van der Waals surface area contributed by atoms with Gasteiger partial charge in [-0.25, -0.2) is 4.98 Å². The van der Waals surface area contributed by atoms with E-state index in [1.165, 1.54) is 5.56 Å². The van der Waals surface area contributed by atoms with Gasteiger partial charge >= 0.3 is 0 Å². The van der Waals surface area contributed by atoms with E-state index < -0.39 is 0 Å². The molecule has 0 aliphatic rings. The third-order valence-electron chi connectivity index (χ3n) is 4.55. The summed E-state index contributed by atoms with van der Waals surface area (Å²) in [4.78, 5) is 4.42. The molecule has 0 bridgehead atoms. The summed E-state index contributed by atoms with van der Waals surface area (Å²) in [5, 5.41) is 9.75. The Balaban J connectivity index is 2.39. The highest BCUT2D eigenvalue weighted by atomic mass is 16.5. The van der Waals surface area contributed by atoms with Gasteiger partial charge in [-0.05, 0) is 30.5 Å². The Morgan fingerprint density at radius 3 is 2.38 bits per heavy atom. The van der Waals surface area contributed by atoms with Gasteiger partial charge in [-0.1, -0.05) is 49.4 Å². The van der Waals surface area contributed by atoms with Crippen LogP contribution in [0, 0.1) is 18.3 Å². The molecule has 0 unspecified atom stereocenters. The zero-order valence-corrected chi connectivity index (χ0v) is 15.2. The standard InChI is InChI=1S/C22H21N3O/c1-4-15-9-11-16(12-10-15)21-18(13-23)22(24)25-14(2)20(21)17-7-5-6-8-19(17)26-3/h5-12H,4H2,1-3H3,(H2,24,25). The highest BCUT2D eigenvalue weighted by Gasteiger charge is 2.21. The van der Waals surface area contributed by atoms with Gasteiger partial charge in [0.25, 0.3) is 0 Å². The number of aryl methyl sites for hydroxylation is 2. The van der Waals surface area contributed by atoms with Gasteiger partial charge < -0.3 is 10.5 Å². The molecule has 0 atom stereocenters. The SMILES string of the molecule is CCc1ccc(-c2c(C#N)c(N)nc(C)c2-c2ccccc2OC)cc1. The van der Waals surface area contributed by atoms with Gasteiger partial charge in [-0.3, -0.25) is 0 Å². The highest BCUT2D eigenvalue weighted by Crippen LogP contribution is 2.42. The van der Waals surface area contributed by atoms with Crippen LogP contribution in [0.1, 0.15) is 23.7 Å². The van der Waals surface area contributed by atoms with Crippen molar-refractivity contribution in [2.75, 3.05) is 12.8 Å². The van der Waals surface area contributed by atoms with Gasteiger partial charge in [0, 0.05) is 22.4 Å². The number of nitrogen functional groups attached to an aromatic ring is 1. The number of para-hydroxylation sites is 1. The van der Waals surface area contributed by atoms with E-state index in [-0.39, 0.29) is 5.82 Å². The number of anilines is 1. The number of hydrogen-bond acceptors (Lipinski definition) is 4. The lowest BCUT2D eigenvalue weighted by Crippen LogP contribution is -2.04. The summed E-state index contributed by atoms with van der Waals surface area (Å²) in [7, 11) is 1.64. The Morgan fingerprint density at radius 1 is 1.08 bits per heavy atom. The maximum Gasteiger partial charge on any atom is 0.142 e. The minimum absolute atomic E-state index is 0.248. The number of pyridine rings is 1. The molecule has 0 saturated heterocycles. The molecular weight excluding hydrogens is 322 g/mol. The number of ether oxygens (including phenoxy) is 1. The number of nitrogens with zero attached hydrogens (tertiary/aromatic N) is 2. The molecule has 2 N–H and O–H groups in total. The maximum atomic E-state index is 9.75. The van der Waals surface area contributed by atoms with Gasteiger partial charge in [0.2, 0.25) is 0 Å². The fourth-order valence-corrected chi connectivity index (χ4v) is 3.22. The third kappa shape index (κ3) is 3.00. The fraction of sp³-hybridized carbons (Fsp3) is 0.182. The summed E-state index contributed by atoms with van der Waals surface area (Å²) < 4.78 is 5.54. The molecule has 1 heterocycles. The van der Waals surface area contributed by atoms with Crippen LogP contribution in [0.2, 0.25) is 0 Å². The summed E-state index contributed by atoms with van der Waals surface area (Å²) in [5.41, 5.74) is 12.0. The van der Waals surface area contributed by atoms with Crippen LogP contribution in [0.5, 0.6) is 5.75 Å². The first-order chi connectivity index (χ1) is 12.6. The first-order valence-electron chi connectivity index (χ1n) is 8.53. The molecular formula is C22H21N3O. The smallest absolute Gasteiger partial charge is 0.142 e. The predicted molar refractivity (Wildman–Crippen MR) is 105 cm³/mol. The normalized spacial score (nSPS) is 10.4. The predicted octanol–water partition coefficient (Wildman–Crippen LogP) is 4.75. The van der Waals surface area contributed by atoms with Gasteiger partial charge in [0.15, 0.2) is 0 Å². The van der Waals surface area contributed by atoms with E-state index in [1.54, 1.807) is 7.11 Å². The number of nitriles is 1. The summed E-state index contributed by atoms with van der Waals surface area (Å²) in [5.74, 6) is 0.982. The molecule has 0 spiro atoms. The van der Waals surface area contributed by atoms with Crippen molar-refractivity contribution in [2.24, 2.45) is 0 Å². The van der Waals surface area contributed by atoms with E-state index in [0.717, 1.165) is 40.1 Å². The minimum atomic E-state index is 0.248. The first-order valence-corrected chi connectivity index (χ1v) is 8.53. The molecule has 130 valence electrons. The van der Waals surface area contributed by atoms with Crippen molar-refractivity contribution in [2.45, 2.75) is 20.3 Å². The van der Waals surface area contributed by atoms with Crippen molar-refractivity contribution >= 4 is 5.82 Å². The molecule has 4 nitrogen and oxygen atoms in total. The maximum absolute atomic E-state index is 9.75. The number of nitrogens with two attached hydrogens (primary N) is 1. The monoisotopic (exact) mass is 343 g/mol. The van der Waals surface area contributed by atoms with Crippen molar-refractivity contribution in [1.82, 2.24) is 4.98 Å². The summed E-state index contributed by atoms with van der Waals surface area (Å²) >= 11 is 0. The van der Waals surface area contributed by atoms with Crippen molar-refractivity contribution in [3.05, 3.63) is 65.4 Å². The van der Waals surface area contributed by atoms with E-state index in [0.29, 0.717) is 5.56 Å². The number of hydrogen-bond donors (Lipinski definition) is 1. The van der Waals surface area contributed by atoms with Crippen LogP contribution in [0.25, 0.3) is 22.3 Å². The van der Waals surface area contributed by atoms with Crippen molar-refractivity contribution in [1.29, 1.82) is 5.26 Å². The molecule has 0 aliphatic carbocycles. The third-order valence-corrected chi connectivity index (χ3v) is 4.55. The molecule has 3 rings (SSSR count).